The quantitative estimate of drug-likeness (QED) is 0.741. The third-order valence-corrected chi connectivity index (χ3v) is 3.32. The molecule has 0 radical (unpaired) electrons. The molecule has 0 spiro atoms. The van der Waals surface area contributed by atoms with Crippen LogP contribution < -0.4 is 25.4 Å². The molecule has 1 aliphatic rings. The fraction of sp³-hybridized carbons (Fsp3) is 0.467. The number of urea groups is 1. The lowest BCUT2D eigenvalue weighted by Crippen LogP contribution is -2.46. The molecular formula is C15H21N3O4. The molecule has 1 atom stereocenters. The van der Waals surface area contributed by atoms with Gasteiger partial charge in [-0.1, -0.05) is 0 Å². The number of hydrogen-bond acceptors (Lipinski definition) is 5. The van der Waals surface area contributed by atoms with Gasteiger partial charge in [0, 0.05) is 12.1 Å². The van der Waals surface area contributed by atoms with Crippen LogP contribution in [0.4, 0.5) is 10.5 Å². The third-order valence-electron chi connectivity index (χ3n) is 3.32. The first-order chi connectivity index (χ1) is 10.5. The molecule has 7 heteroatoms. The van der Waals surface area contributed by atoms with Crippen LogP contribution in [0, 0.1) is 0 Å². The molecule has 1 saturated carbocycles. The number of rotatable bonds is 6. The van der Waals surface area contributed by atoms with Gasteiger partial charge < -0.3 is 20.1 Å². The minimum absolute atomic E-state index is 0.206. The summed E-state index contributed by atoms with van der Waals surface area (Å²) in [6.07, 6.45) is 1.94. The van der Waals surface area contributed by atoms with E-state index in [0.717, 1.165) is 12.8 Å². The SMILES string of the molecule is COc1ccc(N[C@@H](C)C(=O)NC(=O)NC2CC2)c(OC)c1. The number of methoxy groups -OCH3 is 2. The van der Waals surface area contributed by atoms with Gasteiger partial charge in [-0.15, -0.1) is 0 Å². The van der Waals surface area contributed by atoms with E-state index in [1.165, 1.54) is 7.11 Å². The summed E-state index contributed by atoms with van der Waals surface area (Å²) in [7, 11) is 3.10. The van der Waals surface area contributed by atoms with Crippen molar-refractivity contribution in [2.75, 3.05) is 19.5 Å². The molecule has 0 saturated heterocycles. The number of carbonyl (C=O) groups excluding carboxylic acids is 2. The smallest absolute Gasteiger partial charge is 0.321 e. The highest BCUT2D eigenvalue weighted by Gasteiger charge is 2.25. The van der Waals surface area contributed by atoms with Gasteiger partial charge in [-0.25, -0.2) is 4.79 Å². The Hall–Kier alpha value is -2.44. The van der Waals surface area contributed by atoms with Crippen LogP contribution in [0.25, 0.3) is 0 Å². The standard InChI is InChI=1S/C15H21N3O4/c1-9(14(19)18-15(20)17-10-4-5-10)16-12-7-6-11(21-2)8-13(12)22-3/h6-10,16H,4-5H2,1-3H3,(H2,17,18,19,20)/t9-/m0/s1. The molecule has 22 heavy (non-hydrogen) atoms. The molecule has 3 N–H and O–H groups in total. The van der Waals surface area contributed by atoms with Gasteiger partial charge >= 0.3 is 6.03 Å². The lowest BCUT2D eigenvalue weighted by atomic mass is 10.2. The molecule has 2 rings (SSSR count). The van der Waals surface area contributed by atoms with Crippen LogP contribution in [0.2, 0.25) is 0 Å². The molecule has 3 amide bonds. The van der Waals surface area contributed by atoms with Crippen molar-refractivity contribution in [1.29, 1.82) is 0 Å². The van der Waals surface area contributed by atoms with E-state index in [2.05, 4.69) is 16.0 Å². The lowest BCUT2D eigenvalue weighted by molar-refractivity contribution is -0.120. The monoisotopic (exact) mass is 307 g/mol. The van der Waals surface area contributed by atoms with Crippen molar-refractivity contribution in [3.63, 3.8) is 0 Å². The Labute approximate surface area is 129 Å². The Balaban J connectivity index is 1.93. The summed E-state index contributed by atoms with van der Waals surface area (Å²) in [5.41, 5.74) is 0.647. The molecule has 0 heterocycles. The second-order valence-corrected chi connectivity index (χ2v) is 5.17. The van der Waals surface area contributed by atoms with Crippen LogP contribution in [-0.4, -0.2) is 38.2 Å². The number of ether oxygens (including phenoxy) is 2. The topological polar surface area (TPSA) is 88.7 Å². The molecule has 0 unspecified atom stereocenters. The summed E-state index contributed by atoms with van der Waals surface area (Å²) in [4.78, 5) is 23.5. The van der Waals surface area contributed by atoms with Gasteiger partial charge in [0.2, 0.25) is 5.91 Å². The van der Waals surface area contributed by atoms with Crippen molar-refractivity contribution in [3.8, 4) is 11.5 Å². The van der Waals surface area contributed by atoms with E-state index >= 15 is 0 Å². The maximum Gasteiger partial charge on any atom is 0.321 e. The summed E-state index contributed by atoms with van der Waals surface area (Å²) in [5.74, 6) is 0.806. The van der Waals surface area contributed by atoms with Gasteiger partial charge in [0.15, 0.2) is 0 Å². The summed E-state index contributed by atoms with van der Waals surface area (Å²) < 4.78 is 10.4. The van der Waals surface area contributed by atoms with Gasteiger partial charge in [0.1, 0.15) is 17.5 Å². The number of benzene rings is 1. The maximum atomic E-state index is 12.0. The van der Waals surface area contributed by atoms with Gasteiger partial charge in [-0.05, 0) is 31.9 Å². The van der Waals surface area contributed by atoms with Crippen LogP contribution in [0.15, 0.2) is 18.2 Å². The molecule has 7 nitrogen and oxygen atoms in total. The highest BCUT2D eigenvalue weighted by molar-refractivity contribution is 5.98. The summed E-state index contributed by atoms with van der Waals surface area (Å²) in [6, 6.07) is 4.39. The molecule has 120 valence electrons. The Morgan fingerprint density at radius 1 is 1.23 bits per heavy atom. The fourth-order valence-electron chi connectivity index (χ4n) is 1.89. The predicted octanol–water partition coefficient (Wildman–Crippen LogP) is 1.49. The van der Waals surface area contributed by atoms with E-state index in [1.807, 2.05) is 0 Å². The number of carbonyl (C=O) groups is 2. The minimum Gasteiger partial charge on any atom is -0.497 e. The average Bonchev–Trinajstić information content (AvgIpc) is 3.31. The van der Waals surface area contributed by atoms with Gasteiger partial charge in [-0.3, -0.25) is 10.1 Å². The number of nitrogens with one attached hydrogen (secondary N) is 3. The van der Waals surface area contributed by atoms with Gasteiger partial charge in [0.05, 0.1) is 19.9 Å². The molecule has 0 aromatic heterocycles. The molecule has 1 aromatic carbocycles. The summed E-state index contributed by atoms with van der Waals surface area (Å²) in [5, 5.41) is 8.03. The van der Waals surface area contributed by atoms with Gasteiger partial charge in [0.25, 0.3) is 0 Å². The highest BCUT2D eigenvalue weighted by atomic mass is 16.5. The van der Waals surface area contributed by atoms with E-state index in [-0.39, 0.29) is 6.04 Å². The van der Waals surface area contributed by atoms with Crippen LogP contribution in [0.3, 0.4) is 0 Å². The van der Waals surface area contributed by atoms with Crippen LogP contribution >= 0.6 is 0 Å². The van der Waals surface area contributed by atoms with Crippen LogP contribution in [0.5, 0.6) is 11.5 Å². The third kappa shape index (κ3) is 4.28. The van der Waals surface area contributed by atoms with Crippen molar-refractivity contribution >= 4 is 17.6 Å². The first-order valence-corrected chi connectivity index (χ1v) is 7.13. The minimum atomic E-state index is -0.591. The van der Waals surface area contributed by atoms with Crippen molar-refractivity contribution in [2.45, 2.75) is 31.8 Å². The first-order valence-electron chi connectivity index (χ1n) is 7.13. The van der Waals surface area contributed by atoms with E-state index in [9.17, 15) is 9.59 Å². The van der Waals surface area contributed by atoms with Crippen molar-refractivity contribution in [1.82, 2.24) is 10.6 Å². The molecular weight excluding hydrogens is 286 g/mol. The number of imide groups is 1. The summed E-state index contributed by atoms with van der Waals surface area (Å²) >= 11 is 0. The van der Waals surface area contributed by atoms with E-state index in [4.69, 9.17) is 9.47 Å². The zero-order valence-corrected chi connectivity index (χ0v) is 12.9. The molecule has 0 aliphatic heterocycles. The largest absolute Gasteiger partial charge is 0.497 e. The number of anilines is 1. The Morgan fingerprint density at radius 3 is 2.55 bits per heavy atom. The second kappa shape index (κ2) is 7.02. The van der Waals surface area contributed by atoms with Crippen LogP contribution in [0.1, 0.15) is 19.8 Å². The molecule has 1 fully saturated rings. The molecule has 1 aromatic rings. The summed E-state index contributed by atoms with van der Waals surface area (Å²) in [6.45, 7) is 1.67. The Morgan fingerprint density at radius 2 is 1.95 bits per heavy atom. The van der Waals surface area contributed by atoms with E-state index in [1.54, 1.807) is 32.2 Å². The second-order valence-electron chi connectivity index (χ2n) is 5.17. The first kappa shape index (κ1) is 15.9. The molecule has 0 bridgehead atoms. The van der Waals surface area contributed by atoms with Crippen molar-refractivity contribution in [2.24, 2.45) is 0 Å². The Kier molecular flexibility index (Phi) is 5.08. The zero-order valence-electron chi connectivity index (χ0n) is 12.9. The van der Waals surface area contributed by atoms with Crippen molar-refractivity contribution in [3.05, 3.63) is 18.2 Å². The maximum absolute atomic E-state index is 12.0. The lowest BCUT2D eigenvalue weighted by Gasteiger charge is -2.17. The number of hydrogen-bond donors (Lipinski definition) is 3. The normalized spacial score (nSPS) is 14.7. The molecule has 1 aliphatic carbocycles. The van der Waals surface area contributed by atoms with Crippen LogP contribution in [-0.2, 0) is 4.79 Å². The Bertz CT molecular complexity index is 558. The fourth-order valence-corrected chi connectivity index (χ4v) is 1.89. The van der Waals surface area contributed by atoms with E-state index in [0.29, 0.717) is 17.2 Å². The van der Waals surface area contributed by atoms with E-state index < -0.39 is 18.0 Å². The zero-order chi connectivity index (χ0) is 16.1. The van der Waals surface area contributed by atoms with Crippen molar-refractivity contribution < 1.29 is 19.1 Å². The average molecular weight is 307 g/mol. The van der Waals surface area contributed by atoms with Gasteiger partial charge in [-0.2, -0.15) is 0 Å². The highest BCUT2D eigenvalue weighted by Crippen LogP contribution is 2.29. The predicted molar refractivity (Wildman–Crippen MR) is 82.3 cm³/mol. The number of amides is 3.